The molecule has 14 heavy (non-hydrogen) atoms. The number of hydrogen-bond acceptors (Lipinski definition) is 3. The normalized spacial score (nSPS) is 29.5. The van der Waals surface area contributed by atoms with Crippen molar-refractivity contribution in [2.75, 3.05) is 19.7 Å². The number of carboxylic acid groups (broad SMARTS) is 1. The van der Waals surface area contributed by atoms with Crippen molar-refractivity contribution in [1.29, 1.82) is 0 Å². The van der Waals surface area contributed by atoms with E-state index in [2.05, 4.69) is 17.9 Å². The summed E-state index contributed by atoms with van der Waals surface area (Å²) in [5.41, 5.74) is 1.43. The molecule has 4 heteroatoms. The number of ether oxygens (including phenoxy) is 1. The molecule has 1 heterocycles. The number of aliphatic carboxylic acids is 1. The Morgan fingerprint density at radius 1 is 1.79 bits per heavy atom. The van der Waals surface area contributed by atoms with Crippen molar-refractivity contribution in [3.05, 3.63) is 11.6 Å². The summed E-state index contributed by atoms with van der Waals surface area (Å²) in [7, 11) is 0. The van der Waals surface area contributed by atoms with E-state index in [1.807, 2.05) is 0 Å². The summed E-state index contributed by atoms with van der Waals surface area (Å²) in [6.07, 6.45) is 2.64. The van der Waals surface area contributed by atoms with Crippen molar-refractivity contribution in [3.8, 4) is 0 Å². The molecule has 0 radical (unpaired) electrons. The molecule has 1 aliphatic carbocycles. The molecule has 0 amide bonds. The van der Waals surface area contributed by atoms with E-state index in [0.29, 0.717) is 19.2 Å². The zero-order valence-corrected chi connectivity index (χ0v) is 8.27. The number of carboxylic acids is 1. The second-order valence-corrected chi connectivity index (χ2v) is 3.85. The predicted molar refractivity (Wildman–Crippen MR) is 51.1 cm³/mol. The van der Waals surface area contributed by atoms with Gasteiger partial charge in [-0.1, -0.05) is 11.6 Å². The van der Waals surface area contributed by atoms with E-state index in [1.54, 1.807) is 0 Å². The molecule has 2 aliphatic rings. The number of carbonyl (C=O) groups is 1. The fraction of sp³-hybridized carbons (Fsp3) is 0.700. The van der Waals surface area contributed by atoms with Crippen molar-refractivity contribution in [2.24, 2.45) is 0 Å². The summed E-state index contributed by atoms with van der Waals surface area (Å²) in [5, 5.41) is 8.83. The maximum Gasteiger partial charge on any atom is 0.334 e. The monoisotopic (exact) mass is 197 g/mol. The van der Waals surface area contributed by atoms with Crippen LogP contribution in [0.25, 0.3) is 0 Å². The van der Waals surface area contributed by atoms with Gasteiger partial charge in [-0.25, -0.2) is 4.79 Å². The summed E-state index contributed by atoms with van der Waals surface area (Å²) in [4.78, 5) is 12.9. The van der Waals surface area contributed by atoms with Crippen LogP contribution in [0.5, 0.6) is 0 Å². The van der Waals surface area contributed by atoms with Gasteiger partial charge in [0, 0.05) is 19.1 Å². The van der Waals surface area contributed by atoms with Crippen molar-refractivity contribution < 1.29 is 14.6 Å². The summed E-state index contributed by atoms with van der Waals surface area (Å²) in [6.45, 7) is 3.99. The molecule has 1 fully saturated rings. The largest absolute Gasteiger partial charge is 0.479 e. The number of hydrogen-bond donors (Lipinski definition) is 1. The Balaban J connectivity index is 1.92. The van der Waals surface area contributed by atoms with Crippen LogP contribution in [0.1, 0.15) is 13.3 Å². The van der Waals surface area contributed by atoms with E-state index >= 15 is 0 Å². The molecule has 1 aliphatic heterocycles. The molecular formula is C10H15NO3. The molecule has 0 aromatic rings. The molecule has 2 atom stereocenters. The lowest BCUT2D eigenvalue weighted by molar-refractivity contribution is -0.156. The van der Waals surface area contributed by atoms with Gasteiger partial charge in [0.1, 0.15) is 0 Å². The first kappa shape index (κ1) is 9.68. The minimum Gasteiger partial charge on any atom is -0.479 e. The van der Waals surface area contributed by atoms with Crippen LogP contribution in [0.15, 0.2) is 11.6 Å². The van der Waals surface area contributed by atoms with Gasteiger partial charge >= 0.3 is 5.97 Å². The first-order valence-electron chi connectivity index (χ1n) is 4.96. The molecule has 0 saturated carbocycles. The third-order valence-electron chi connectivity index (χ3n) is 2.90. The number of rotatable bonds is 3. The lowest BCUT2D eigenvalue weighted by atomic mass is 10.1. The number of morpholine rings is 1. The van der Waals surface area contributed by atoms with Gasteiger partial charge in [0.05, 0.1) is 6.61 Å². The van der Waals surface area contributed by atoms with Crippen molar-refractivity contribution in [3.63, 3.8) is 0 Å². The van der Waals surface area contributed by atoms with Gasteiger partial charge in [0.2, 0.25) is 0 Å². The fourth-order valence-electron chi connectivity index (χ4n) is 1.80. The van der Waals surface area contributed by atoms with Crippen molar-refractivity contribution in [2.45, 2.75) is 25.5 Å². The molecule has 0 aromatic heterocycles. The highest BCUT2D eigenvalue weighted by Gasteiger charge is 2.31. The first-order valence-corrected chi connectivity index (χ1v) is 4.96. The molecule has 0 aromatic carbocycles. The van der Waals surface area contributed by atoms with Crippen LogP contribution in [0, 0.1) is 0 Å². The Bertz CT molecular complexity index is 275. The van der Waals surface area contributed by atoms with Crippen LogP contribution < -0.4 is 0 Å². The second-order valence-electron chi connectivity index (χ2n) is 3.85. The van der Waals surface area contributed by atoms with Crippen LogP contribution in [-0.4, -0.2) is 47.8 Å². The summed E-state index contributed by atoms with van der Waals surface area (Å²) < 4.78 is 5.16. The number of nitrogens with zero attached hydrogens (tertiary/aromatic N) is 1. The summed E-state index contributed by atoms with van der Waals surface area (Å²) in [6, 6.07) is 0.390. The molecule has 0 bridgehead atoms. The average molecular weight is 197 g/mol. The minimum atomic E-state index is -0.855. The molecule has 2 unspecified atom stereocenters. The lowest BCUT2D eigenvalue weighted by Crippen LogP contribution is -2.49. The van der Waals surface area contributed by atoms with E-state index in [4.69, 9.17) is 9.84 Å². The van der Waals surface area contributed by atoms with Gasteiger partial charge in [-0.2, -0.15) is 0 Å². The Hall–Kier alpha value is -0.870. The van der Waals surface area contributed by atoms with Gasteiger partial charge in [-0.15, -0.1) is 0 Å². The highest BCUT2D eigenvalue weighted by Crippen LogP contribution is 2.27. The second kappa shape index (κ2) is 3.71. The molecule has 4 nitrogen and oxygen atoms in total. The highest BCUT2D eigenvalue weighted by molar-refractivity contribution is 5.72. The Morgan fingerprint density at radius 3 is 3.07 bits per heavy atom. The van der Waals surface area contributed by atoms with Gasteiger partial charge < -0.3 is 9.84 Å². The molecule has 1 saturated heterocycles. The lowest BCUT2D eigenvalue weighted by Gasteiger charge is -2.34. The predicted octanol–water partition coefficient (Wildman–Crippen LogP) is 0.490. The van der Waals surface area contributed by atoms with Crippen LogP contribution >= 0.6 is 0 Å². The SMILES string of the molecule is CC(C1=CC1)N1CCOC(C(=O)O)C1. The first-order chi connectivity index (χ1) is 6.68. The van der Waals surface area contributed by atoms with Crippen LogP contribution in [0.3, 0.4) is 0 Å². The average Bonchev–Trinajstić information content (AvgIpc) is 3.00. The molecular weight excluding hydrogens is 182 g/mol. The molecule has 78 valence electrons. The third kappa shape index (κ3) is 1.96. The maximum atomic E-state index is 10.7. The third-order valence-corrected chi connectivity index (χ3v) is 2.90. The van der Waals surface area contributed by atoms with E-state index < -0.39 is 12.1 Å². The van der Waals surface area contributed by atoms with E-state index in [1.165, 1.54) is 5.57 Å². The Morgan fingerprint density at radius 2 is 2.50 bits per heavy atom. The highest BCUT2D eigenvalue weighted by atomic mass is 16.5. The zero-order chi connectivity index (χ0) is 10.1. The van der Waals surface area contributed by atoms with Gasteiger partial charge in [0.25, 0.3) is 0 Å². The van der Waals surface area contributed by atoms with Gasteiger partial charge in [-0.05, 0) is 13.3 Å². The molecule has 0 spiro atoms. The van der Waals surface area contributed by atoms with E-state index in [0.717, 1.165) is 13.0 Å². The summed E-state index contributed by atoms with van der Waals surface area (Å²) in [5.74, 6) is -0.855. The topological polar surface area (TPSA) is 49.8 Å². The van der Waals surface area contributed by atoms with Crippen molar-refractivity contribution in [1.82, 2.24) is 4.90 Å². The summed E-state index contributed by atoms with van der Waals surface area (Å²) >= 11 is 0. The number of allylic oxidation sites excluding steroid dienone is 1. The van der Waals surface area contributed by atoms with Gasteiger partial charge in [0.15, 0.2) is 6.10 Å². The maximum absolute atomic E-state index is 10.7. The van der Waals surface area contributed by atoms with Crippen molar-refractivity contribution >= 4 is 5.97 Å². The van der Waals surface area contributed by atoms with Crippen LogP contribution in [0.2, 0.25) is 0 Å². The smallest absolute Gasteiger partial charge is 0.334 e. The fourth-order valence-corrected chi connectivity index (χ4v) is 1.80. The van der Waals surface area contributed by atoms with Crippen LogP contribution in [0.4, 0.5) is 0 Å². The van der Waals surface area contributed by atoms with E-state index in [-0.39, 0.29) is 0 Å². The Labute approximate surface area is 83.2 Å². The van der Waals surface area contributed by atoms with Gasteiger partial charge in [-0.3, -0.25) is 4.90 Å². The van der Waals surface area contributed by atoms with E-state index in [9.17, 15) is 4.79 Å². The standard InChI is InChI=1S/C10H15NO3/c1-7(8-2-3-8)11-4-5-14-9(6-11)10(12)13/h2,7,9H,3-6H2,1H3,(H,12,13). The quantitative estimate of drug-likeness (QED) is 0.669. The van der Waals surface area contributed by atoms with Crippen LogP contribution in [-0.2, 0) is 9.53 Å². The Kier molecular flexibility index (Phi) is 2.56. The molecule has 1 N–H and O–H groups in total. The zero-order valence-electron chi connectivity index (χ0n) is 8.27. The molecule has 2 rings (SSSR count). The minimum absolute atomic E-state index is 0.390.